The molecule has 14 heteroatoms. The standard InChI is InChI=1S/C19H21N7O3.C2H2O4/c1-12-2-6-14(7-3-12)22-19-24-17(23-18(20)25-19)11-21-10-16(27)13-4-8-15(9-5-13)26(28)29;3-1(4)2(5)6/h2-9,16,21,27H,10-11H2,1H3,(H3,20,22,23,24,25);(H,3,4)(H,5,6). The van der Waals surface area contributed by atoms with Crippen molar-refractivity contribution in [3.05, 3.63) is 75.6 Å². The highest BCUT2D eigenvalue weighted by Gasteiger charge is 2.11. The van der Waals surface area contributed by atoms with Gasteiger partial charge in [-0.1, -0.05) is 17.7 Å². The number of aliphatic carboxylic acids is 2. The summed E-state index contributed by atoms with van der Waals surface area (Å²) in [4.78, 5) is 40.9. The van der Waals surface area contributed by atoms with Crippen molar-refractivity contribution in [2.24, 2.45) is 0 Å². The number of aliphatic hydroxyl groups excluding tert-OH is 1. The molecule has 1 aromatic heterocycles. The molecular formula is C21H23N7O7. The molecule has 14 nitrogen and oxygen atoms in total. The van der Waals surface area contributed by atoms with Gasteiger partial charge < -0.3 is 31.7 Å². The van der Waals surface area contributed by atoms with Crippen LogP contribution in [0.15, 0.2) is 48.5 Å². The first-order valence-electron chi connectivity index (χ1n) is 9.98. The number of hydrogen-bond donors (Lipinski definition) is 6. The highest BCUT2D eigenvalue weighted by Crippen LogP contribution is 2.18. The number of aliphatic hydroxyl groups is 1. The van der Waals surface area contributed by atoms with Crippen LogP contribution in [0.4, 0.5) is 23.3 Å². The molecule has 1 atom stereocenters. The third-order valence-electron chi connectivity index (χ3n) is 4.30. The fraction of sp³-hybridized carbons (Fsp3) is 0.190. The SMILES string of the molecule is Cc1ccc(Nc2nc(N)nc(CNCC(O)c3ccc([N+](=O)[O-])cc3)n2)cc1.O=C(O)C(=O)O. The quantitative estimate of drug-likeness (QED) is 0.151. The number of non-ortho nitro benzene ring substituents is 1. The lowest BCUT2D eigenvalue weighted by Gasteiger charge is -2.12. The van der Waals surface area contributed by atoms with Crippen molar-refractivity contribution in [3.8, 4) is 0 Å². The van der Waals surface area contributed by atoms with Crippen molar-refractivity contribution in [2.75, 3.05) is 17.6 Å². The number of nitrogens with one attached hydrogen (secondary N) is 2. The summed E-state index contributed by atoms with van der Waals surface area (Å²) in [6.45, 7) is 2.48. The van der Waals surface area contributed by atoms with Gasteiger partial charge in [-0.05, 0) is 36.8 Å². The first-order valence-corrected chi connectivity index (χ1v) is 9.98. The second-order valence-electron chi connectivity index (χ2n) is 7.03. The van der Waals surface area contributed by atoms with Gasteiger partial charge in [-0.25, -0.2) is 9.59 Å². The van der Waals surface area contributed by atoms with Gasteiger partial charge in [-0.15, -0.1) is 0 Å². The average Bonchev–Trinajstić information content (AvgIpc) is 2.80. The number of rotatable bonds is 8. The summed E-state index contributed by atoms with van der Waals surface area (Å²) in [6, 6.07) is 13.5. The molecule has 2 aromatic carbocycles. The zero-order valence-electron chi connectivity index (χ0n) is 18.5. The fourth-order valence-electron chi connectivity index (χ4n) is 2.60. The van der Waals surface area contributed by atoms with Gasteiger partial charge in [0, 0.05) is 24.4 Å². The monoisotopic (exact) mass is 485 g/mol. The Morgan fingerprint density at radius 2 is 1.63 bits per heavy atom. The van der Waals surface area contributed by atoms with Crippen molar-refractivity contribution in [1.82, 2.24) is 20.3 Å². The Morgan fingerprint density at radius 3 is 2.17 bits per heavy atom. The summed E-state index contributed by atoms with van der Waals surface area (Å²) in [5.41, 5.74) is 8.28. The van der Waals surface area contributed by atoms with Crippen LogP contribution in [0.2, 0.25) is 0 Å². The number of nitrogens with two attached hydrogens (primary N) is 1. The highest BCUT2D eigenvalue weighted by atomic mass is 16.6. The van der Waals surface area contributed by atoms with E-state index in [1.165, 1.54) is 24.3 Å². The molecular weight excluding hydrogens is 462 g/mol. The minimum absolute atomic E-state index is 0.0248. The van der Waals surface area contributed by atoms with Crippen molar-refractivity contribution < 1.29 is 29.8 Å². The molecule has 0 radical (unpaired) electrons. The van der Waals surface area contributed by atoms with Gasteiger partial charge in [0.2, 0.25) is 11.9 Å². The van der Waals surface area contributed by atoms with Crippen LogP contribution in [0.3, 0.4) is 0 Å². The minimum atomic E-state index is -1.82. The summed E-state index contributed by atoms with van der Waals surface area (Å²) in [6.07, 6.45) is -0.833. The Hall–Kier alpha value is -4.69. The van der Waals surface area contributed by atoms with Crippen molar-refractivity contribution in [3.63, 3.8) is 0 Å². The molecule has 184 valence electrons. The molecule has 0 saturated heterocycles. The van der Waals surface area contributed by atoms with Gasteiger partial charge in [0.1, 0.15) is 5.82 Å². The topological polar surface area (TPSA) is 227 Å². The Morgan fingerprint density at radius 1 is 1.03 bits per heavy atom. The van der Waals surface area contributed by atoms with Crippen molar-refractivity contribution >= 4 is 35.2 Å². The van der Waals surface area contributed by atoms with Crippen LogP contribution >= 0.6 is 0 Å². The van der Waals surface area contributed by atoms with Crippen molar-refractivity contribution in [2.45, 2.75) is 19.6 Å². The molecule has 0 fully saturated rings. The van der Waals surface area contributed by atoms with E-state index in [9.17, 15) is 15.2 Å². The summed E-state index contributed by atoms with van der Waals surface area (Å²) in [5.74, 6) is -2.82. The van der Waals surface area contributed by atoms with Crippen LogP contribution in [-0.2, 0) is 16.1 Å². The maximum Gasteiger partial charge on any atom is 0.414 e. The van der Waals surface area contributed by atoms with Crippen LogP contribution < -0.4 is 16.4 Å². The van der Waals surface area contributed by atoms with Gasteiger partial charge in [-0.2, -0.15) is 15.0 Å². The molecule has 0 aliphatic carbocycles. The number of nitrogen functional groups attached to an aromatic ring is 1. The molecule has 3 rings (SSSR count). The summed E-state index contributed by atoms with van der Waals surface area (Å²) in [7, 11) is 0. The Kier molecular flexibility index (Phi) is 9.50. The van der Waals surface area contributed by atoms with E-state index in [1.807, 2.05) is 31.2 Å². The largest absolute Gasteiger partial charge is 0.473 e. The maximum absolute atomic E-state index is 10.7. The smallest absolute Gasteiger partial charge is 0.414 e. The van der Waals surface area contributed by atoms with E-state index in [-0.39, 0.29) is 24.7 Å². The lowest BCUT2D eigenvalue weighted by Crippen LogP contribution is -2.23. The molecule has 0 aliphatic heterocycles. The van der Waals surface area contributed by atoms with E-state index in [2.05, 4.69) is 25.6 Å². The number of carboxylic acids is 2. The molecule has 0 aliphatic rings. The van der Waals surface area contributed by atoms with Crippen molar-refractivity contribution in [1.29, 1.82) is 0 Å². The molecule has 1 unspecified atom stereocenters. The first-order chi connectivity index (χ1) is 16.5. The summed E-state index contributed by atoms with van der Waals surface area (Å²) in [5, 5.41) is 41.8. The highest BCUT2D eigenvalue weighted by molar-refractivity contribution is 6.27. The lowest BCUT2D eigenvalue weighted by molar-refractivity contribution is -0.384. The fourth-order valence-corrected chi connectivity index (χ4v) is 2.60. The number of aromatic nitrogens is 3. The van der Waals surface area contributed by atoms with Crippen LogP contribution in [-0.4, -0.2) is 53.7 Å². The van der Waals surface area contributed by atoms with Crippen LogP contribution in [0.5, 0.6) is 0 Å². The number of nitro benzene ring substituents is 1. The number of nitrogens with zero attached hydrogens (tertiary/aromatic N) is 4. The van der Waals surface area contributed by atoms with E-state index in [0.29, 0.717) is 17.3 Å². The van der Waals surface area contributed by atoms with Gasteiger partial charge in [0.25, 0.3) is 5.69 Å². The zero-order chi connectivity index (χ0) is 26.0. The number of nitro groups is 1. The van der Waals surface area contributed by atoms with Gasteiger partial charge in [0.05, 0.1) is 17.6 Å². The number of hydrogen-bond acceptors (Lipinski definition) is 11. The predicted octanol–water partition coefficient (Wildman–Crippen LogP) is 1.39. The molecule has 3 aromatic rings. The van der Waals surface area contributed by atoms with Crippen LogP contribution in [0.1, 0.15) is 23.1 Å². The third kappa shape index (κ3) is 8.99. The van der Waals surface area contributed by atoms with Gasteiger partial charge in [-0.3, -0.25) is 10.1 Å². The third-order valence-corrected chi connectivity index (χ3v) is 4.30. The molecule has 0 bridgehead atoms. The Labute approximate surface area is 198 Å². The van der Waals surface area contributed by atoms with Gasteiger partial charge in [0.15, 0.2) is 0 Å². The molecule has 0 spiro atoms. The number of anilines is 3. The molecule has 1 heterocycles. The summed E-state index contributed by atoms with van der Waals surface area (Å²) < 4.78 is 0. The second kappa shape index (κ2) is 12.5. The Bertz CT molecular complexity index is 1160. The maximum atomic E-state index is 10.7. The number of benzene rings is 2. The minimum Gasteiger partial charge on any atom is -0.473 e. The zero-order valence-corrected chi connectivity index (χ0v) is 18.5. The van der Waals surface area contributed by atoms with E-state index in [4.69, 9.17) is 25.5 Å². The van der Waals surface area contributed by atoms with E-state index in [0.717, 1.165) is 11.3 Å². The number of carboxylic acid groups (broad SMARTS) is 2. The van der Waals surface area contributed by atoms with Gasteiger partial charge >= 0.3 is 11.9 Å². The molecule has 7 N–H and O–H groups in total. The summed E-state index contributed by atoms with van der Waals surface area (Å²) >= 11 is 0. The number of carbonyl (C=O) groups is 2. The predicted molar refractivity (Wildman–Crippen MR) is 124 cm³/mol. The molecule has 0 saturated carbocycles. The van der Waals surface area contributed by atoms with E-state index < -0.39 is 23.0 Å². The lowest BCUT2D eigenvalue weighted by atomic mass is 10.1. The molecule has 0 amide bonds. The number of aryl methyl sites for hydroxylation is 1. The van der Waals surface area contributed by atoms with Crippen LogP contribution in [0.25, 0.3) is 0 Å². The Balaban J connectivity index is 0.000000641. The second-order valence-corrected chi connectivity index (χ2v) is 7.03. The van der Waals surface area contributed by atoms with E-state index >= 15 is 0 Å². The normalized spacial score (nSPS) is 11.0. The van der Waals surface area contributed by atoms with Crippen LogP contribution in [0, 0.1) is 17.0 Å². The average molecular weight is 485 g/mol. The first kappa shape index (κ1) is 26.6. The van der Waals surface area contributed by atoms with E-state index in [1.54, 1.807) is 0 Å². The molecule has 35 heavy (non-hydrogen) atoms.